The van der Waals surface area contributed by atoms with Crippen molar-refractivity contribution in [3.63, 3.8) is 0 Å². The number of H-pyrrole nitrogens is 1. The lowest BCUT2D eigenvalue weighted by atomic mass is 10.2. The zero-order valence-electron chi connectivity index (χ0n) is 9.59. The fourth-order valence-corrected chi connectivity index (χ4v) is 2.78. The molecule has 0 atom stereocenters. The Kier molecular flexibility index (Phi) is 4.44. The van der Waals surface area contributed by atoms with Crippen molar-refractivity contribution >= 4 is 34.5 Å². The van der Waals surface area contributed by atoms with Crippen LogP contribution in [0.1, 0.15) is 11.1 Å². The molecule has 0 bridgehead atoms. The Morgan fingerprint density at radius 2 is 2.00 bits per heavy atom. The molecule has 0 aliphatic rings. The maximum Gasteiger partial charge on any atom is 0.338 e. The summed E-state index contributed by atoms with van der Waals surface area (Å²) in [5, 5.41) is 8.69. The average Bonchev–Trinajstić information content (AvgIpc) is 2.44. The molecule has 0 amide bonds. The summed E-state index contributed by atoms with van der Waals surface area (Å²) in [6.45, 7) is 0. The molecule has 0 saturated carbocycles. The Morgan fingerprint density at radius 1 is 1.32 bits per heavy atom. The van der Waals surface area contributed by atoms with Crippen molar-refractivity contribution in [1.29, 1.82) is 5.26 Å². The molecule has 0 fully saturated rings. The lowest BCUT2D eigenvalue weighted by molar-refractivity contribution is 0.962. The predicted octanol–water partition coefficient (Wildman–Crippen LogP) is 1.71. The molecule has 0 saturated heterocycles. The van der Waals surface area contributed by atoms with Crippen molar-refractivity contribution in [3.05, 3.63) is 66.0 Å². The minimum atomic E-state index is -0.441. The first-order valence-corrected chi connectivity index (χ1v) is 7.26. The highest BCUT2D eigenvalue weighted by molar-refractivity contribution is 14.1. The highest BCUT2D eigenvalue weighted by atomic mass is 127. The van der Waals surface area contributed by atoms with E-state index in [1.165, 1.54) is 6.20 Å². The standard InChI is InChI=1S/C12H8IN3O2S/c13-10-6-15-12(18)16(11(10)17)19-7-9-3-1-8(5-14)2-4-9/h1-4,6H,7H2,(H,15,18). The van der Waals surface area contributed by atoms with Crippen LogP contribution in [-0.2, 0) is 5.75 Å². The zero-order chi connectivity index (χ0) is 13.8. The summed E-state index contributed by atoms with van der Waals surface area (Å²) in [6, 6.07) is 9.06. The van der Waals surface area contributed by atoms with Crippen LogP contribution in [0, 0.1) is 14.9 Å². The van der Waals surface area contributed by atoms with Crippen LogP contribution in [-0.4, -0.2) is 8.96 Å². The fourth-order valence-electron chi connectivity index (χ4n) is 1.37. The summed E-state index contributed by atoms with van der Waals surface area (Å²) < 4.78 is 1.56. The lowest BCUT2D eigenvalue weighted by Gasteiger charge is -2.04. The minimum Gasteiger partial charge on any atom is -0.312 e. The van der Waals surface area contributed by atoms with Gasteiger partial charge in [0.05, 0.1) is 15.2 Å². The van der Waals surface area contributed by atoms with E-state index in [0.29, 0.717) is 14.9 Å². The molecular formula is C12H8IN3O2S. The van der Waals surface area contributed by atoms with Gasteiger partial charge in [-0.1, -0.05) is 12.1 Å². The van der Waals surface area contributed by atoms with Gasteiger partial charge in [0.15, 0.2) is 0 Å². The number of hydrogen-bond donors (Lipinski definition) is 1. The van der Waals surface area contributed by atoms with Crippen LogP contribution >= 0.6 is 34.5 Å². The van der Waals surface area contributed by atoms with Gasteiger partial charge in [0.2, 0.25) is 0 Å². The Morgan fingerprint density at radius 3 is 2.63 bits per heavy atom. The van der Waals surface area contributed by atoms with Crippen LogP contribution in [0.2, 0.25) is 0 Å². The Balaban J connectivity index is 2.19. The van der Waals surface area contributed by atoms with E-state index in [1.807, 2.05) is 28.7 Å². The summed E-state index contributed by atoms with van der Waals surface area (Å²) in [6.07, 6.45) is 1.39. The van der Waals surface area contributed by atoms with E-state index in [-0.39, 0.29) is 5.56 Å². The van der Waals surface area contributed by atoms with E-state index in [9.17, 15) is 9.59 Å². The normalized spacial score (nSPS) is 10.1. The van der Waals surface area contributed by atoms with Gasteiger partial charge in [-0.25, -0.2) is 4.79 Å². The molecule has 19 heavy (non-hydrogen) atoms. The van der Waals surface area contributed by atoms with Crippen molar-refractivity contribution < 1.29 is 0 Å². The summed E-state index contributed by atoms with van der Waals surface area (Å²) in [5.74, 6) is 0.481. The summed E-state index contributed by atoms with van der Waals surface area (Å²) >= 11 is 3.00. The molecule has 96 valence electrons. The first-order valence-electron chi connectivity index (χ1n) is 5.24. The number of rotatable bonds is 3. The van der Waals surface area contributed by atoms with Gasteiger partial charge in [-0.15, -0.1) is 0 Å². The second kappa shape index (κ2) is 6.08. The Labute approximate surface area is 126 Å². The summed E-state index contributed by atoms with van der Waals surface area (Å²) in [5.41, 5.74) is 0.763. The van der Waals surface area contributed by atoms with Gasteiger partial charge in [0.25, 0.3) is 5.56 Å². The van der Waals surface area contributed by atoms with E-state index in [0.717, 1.165) is 21.5 Å². The molecule has 0 aliphatic carbocycles. The Hall–Kier alpha value is -1.53. The maximum atomic E-state index is 11.8. The lowest BCUT2D eigenvalue weighted by Crippen LogP contribution is -2.32. The van der Waals surface area contributed by atoms with Crippen LogP contribution in [0.5, 0.6) is 0 Å². The molecule has 1 aromatic heterocycles. The molecule has 1 aromatic carbocycles. The van der Waals surface area contributed by atoms with E-state index in [2.05, 4.69) is 4.98 Å². The quantitative estimate of drug-likeness (QED) is 0.817. The predicted molar refractivity (Wildman–Crippen MR) is 81.9 cm³/mol. The van der Waals surface area contributed by atoms with Crippen molar-refractivity contribution in [3.8, 4) is 6.07 Å². The number of nitrogens with zero attached hydrogens (tertiary/aromatic N) is 2. The highest BCUT2D eigenvalue weighted by Crippen LogP contribution is 2.12. The number of aromatic amines is 1. The van der Waals surface area contributed by atoms with Crippen LogP contribution in [0.3, 0.4) is 0 Å². The topological polar surface area (TPSA) is 78.7 Å². The minimum absolute atomic E-state index is 0.317. The van der Waals surface area contributed by atoms with Crippen molar-refractivity contribution in [1.82, 2.24) is 8.96 Å². The molecule has 0 radical (unpaired) electrons. The monoisotopic (exact) mass is 385 g/mol. The van der Waals surface area contributed by atoms with E-state index >= 15 is 0 Å². The van der Waals surface area contributed by atoms with Gasteiger partial charge < -0.3 is 4.98 Å². The maximum absolute atomic E-state index is 11.8. The molecule has 0 spiro atoms. The third-order valence-electron chi connectivity index (χ3n) is 2.34. The molecule has 7 heteroatoms. The largest absolute Gasteiger partial charge is 0.338 e. The molecule has 1 heterocycles. The number of hydrogen-bond acceptors (Lipinski definition) is 4. The average molecular weight is 385 g/mol. The SMILES string of the molecule is N#Cc1ccc(CSn2c(=O)[nH]cc(I)c2=O)cc1. The molecule has 0 aliphatic heterocycles. The molecule has 1 N–H and O–H groups in total. The third-order valence-corrected chi connectivity index (χ3v) is 4.16. The second-order valence-corrected chi connectivity index (χ2v) is 5.70. The van der Waals surface area contributed by atoms with Crippen molar-refractivity contribution in [2.45, 2.75) is 5.75 Å². The highest BCUT2D eigenvalue weighted by Gasteiger charge is 2.06. The van der Waals surface area contributed by atoms with Crippen LogP contribution < -0.4 is 11.2 Å². The number of nitrogens with one attached hydrogen (secondary N) is 1. The van der Waals surface area contributed by atoms with Gasteiger partial charge in [0.1, 0.15) is 0 Å². The van der Waals surface area contributed by atoms with Crippen LogP contribution in [0.25, 0.3) is 0 Å². The van der Waals surface area contributed by atoms with Crippen molar-refractivity contribution in [2.24, 2.45) is 0 Å². The number of benzene rings is 1. The molecule has 5 nitrogen and oxygen atoms in total. The molecule has 2 aromatic rings. The fraction of sp³-hybridized carbons (Fsp3) is 0.0833. The molecule has 2 rings (SSSR count). The van der Waals surface area contributed by atoms with E-state index < -0.39 is 5.69 Å². The summed E-state index contributed by atoms with van der Waals surface area (Å²) in [4.78, 5) is 25.8. The first kappa shape index (κ1) is 13.9. The number of nitriles is 1. The second-order valence-electron chi connectivity index (χ2n) is 3.62. The number of halogens is 1. The Bertz CT molecular complexity index is 743. The van der Waals surface area contributed by atoms with Gasteiger partial charge in [-0.2, -0.15) is 9.23 Å². The van der Waals surface area contributed by atoms with Gasteiger partial charge in [0, 0.05) is 11.9 Å². The smallest absolute Gasteiger partial charge is 0.312 e. The van der Waals surface area contributed by atoms with Crippen molar-refractivity contribution in [2.75, 3.05) is 0 Å². The van der Waals surface area contributed by atoms with Gasteiger partial charge in [-0.05, 0) is 52.2 Å². The zero-order valence-corrected chi connectivity index (χ0v) is 12.6. The van der Waals surface area contributed by atoms with E-state index in [4.69, 9.17) is 5.26 Å². The van der Waals surface area contributed by atoms with Crippen LogP contribution in [0.15, 0.2) is 40.1 Å². The molecule has 0 unspecified atom stereocenters. The number of aromatic nitrogens is 2. The summed E-state index contributed by atoms with van der Waals surface area (Å²) in [7, 11) is 0. The first-order chi connectivity index (χ1) is 9.11. The van der Waals surface area contributed by atoms with Gasteiger partial charge in [-0.3, -0.25) is 4.79 Å². The van der Waals surface area contributed by atoms with E-state index in [1.54, 1.807) is 24.3 Å². The molecular weight excluding hydrogens is 377 g/mol. The van der Waals surface area contributed by atoms with Gasteiger partial charge >= 0.3 is 5.69 Å². The third kappa shape index (κ3) is 3.27. The van der Waals surface area contributed by atoms with Crippen LogP contribution in [0.4, 0.5) is 0 Å².